The summed E-state index contributed by atoms with van der Waals surface area (Å²) in [6, 6.07) is 3.16. The van der Waals surface area contributed by atoms with E-state index in [0.717, 1.165) is 12.1 Å². The highest BCUT2D eigenvalue weighted by Gasteiger charge is 2.35. The van der Waals surface area contributed by atoms with E-state index in [-0.39, 0.29) is 23.1 Å². The molecule has 0 bridgehead atoms. The molecule has 6 nitrogen and oxygen atoms in total. The zero-order chi connectivity index (χ0) is 17.2. The molecule has 1 aliphatic rings. The third-order valence-corrected chi connectivity index (χ3v) is 4.03. The van der Waals surface area contributed by atoms with Crippen molar-refractivity contribution in [3.05, 3.63) is 17.8 Å². The number of nitrogens with one attached hydrogen (secondary N) is 1. The van der Waals surface area contributed by atoms with Crippen LogP contribution in [0.3, 0.4) is 0 Å². The first-order valence-corrected chi connectivity index (χ1v) is 8.14. The van der Waals surface area contributed by atoms with Crippen molar-refractivity contribution in [3.8, 4) is 0 Å². The van der Waals surface area contributed by atoms with Gasteiger partial charge >= 0.3 is 0 Å². The topological polar surface area (TPSA) is 75.2 Å². The van der Waals surface area contributed by atoms with Gasteiger partial charge in [0.1, 0.15) is 6.04 Å². The summed E-state index contributed by atoms with van der Waals surface area (Å²) in [7, 11) is 0. The number of likely N-dealkylation sites (tertiary alicyclic amines) is 1. The number of carbonyl (C=O) groups is 2. The Kier molecular flexibility index (Phi) is 5.02. The molecule has 23 heavy (non-hydrogen) atoms. The molecule has 0 aliphatic carbocycles. The van der Waals surface area contributed by atoms with Crippen molar-refractivity contribution < 1.29 is 9.59 Å². The Morgan fingerprint density at radius 3 is 2.39 bits per heavy atom. The molecule has 2 amide bonds. The lowest BCUT2D eigenvalue weighted by atomic mass is 9.92. The molecule has 0 aromatic carbocycles. The van der Waals surface area contributed by atoms with Crippen LogP contribution >= 0.6 is 0 Å². The van der Waals surface area contributed by atoms with Gasteiger partial charge in [0, 0.05) is 18.4 Å². The van der Waals surface area contributed by atoms with Gasteiger partial charge in [-0.1, -0.05) is 34.6 Å². The average Bonchev–Trinajstić information content (AvgIpc) is 2.84. The van der Waals surface area contributed by atoms with Crippen LogP contribution in [-0.2, 0) is 15.0 Å². The van der Waals surface area contributed by atoms with Crippen LogP contribution in [0.5, 0.6) is 0 Å². The first-order chi connectivity index (χ1) is 10.7. The van der Waals surface area contributed by atoms with E-state index in [1.54, 1.807) is 11.0 Å². The fraction of sp³-hybridized carbons (Fsp3) is 0.647. The maximum Gasteiger partial charge on any atom is 0.248 e. The SMILES string of the molecule is CC(C)C(C(=O)Nc1ccc(C(C)(C)C)nn1)N1CCCC1=O. The van der Waals surface area contributed by atoms with Gasteiger partial charge in [0.2, 0.25) is 11.8 Å². The highest BCUT2D eigenvalue weighted by molar-refractivity contribution is 5.97. The second kappa shape index (κ2) is 6.64. The van der Waals surface area contributed by atoms with Gasteiger partial charge < -0.3 is 10.2 Å². The predicted molar refractivity (Wildman–Crippen MR) is 88.9 cm³/mol. The van der Waals surface area contributed by atoms with Gasteiger partial charge in [-0.05, 0) is 24.5 Å². The molecule has 1 fully saturated rings. The van der Waals surface area contributed by atoms with Crippen molar-refractivity contribution in [1.82, 2.24) is 15.1 Å². The molecule has 2 rings (SSSR count). The molecule has 126 valence electrons. The minimum atomic E-state index is -0.464. The number of aromatic nitrogens is 2. The van der Waals surface area contributed by atoms with Crippen molar-refractivity contribution >= 4 is 17.6 Å². The van der Waals surface area contributed by atoms with Crippen molar-refractivity contribution in [2.45, 2.75) is 58.9 Å². The molecule has 1 atom stereocenters. The van der Waals surface area contributed by atoms with Crippen LogP contribution in [-0.4, -0.2) is 39.5 Å². The second-order valence-electron chi connectivity index (χ2n) is 7.42. The van der Waals surface area contributed by atoms with Gasteiger partial charge in [-0.2, -0.15) is 5.10 Å². The maximum atomic E-state index is 12.6. The third kappa shape index (κ3) is 4.06. The highest BCUT2D eigenvalue weighted by atomic mass is 16.2. The molecular weight excluding hydrogens is 292 g/mol. The summed E-state index contributed by atoms with van der Waals surface area (Å²) in [4.78, 5) is 26.2. The van der Waals surface area contributed by atoms with Crippen LogP contribution in [0.4, 0.5) is 5.82 Å². The zero-order valence-electron chi connectivity index (χ0n) is 14.6. The second-order valence-corrected chi connectivity index (χ2v) is 7.42. The Labute approximate surface area is 137 Å². The lowest BCUT2D eigenvalue weighted by Gasteiger charge is -2.29. The molecule has 1 aromatic heterocycles. The van der Waals surface area contributed by atoms with Gasteiger partial charge in [0.15, 0.2) is 5.82 Å². The first-order valence-electron chi connectivity index (χ1n) is 8.14. The van der Waals surface area contributed by atoms with Crippen LogP contribution in [0.15, 0.2) is 12.1 Å². The van der Waals surface area contributed by atoms with E-state index in [2.05, 4.69) is 36.3 Å². The Morgan fingerprint density at radius 2 is 1.96 bits per heavy atom. The van der Waals surface area contributed by atoms with Crippen LogP contribution in [0.2, 0.25) is 0 Å². The predicted octanol–water partition coefficient (Wildman–Crippen LogP) is 2.36. The van der Waals surface area contributed by atoms with Crippen molar-refractivity contribution in [2.24, 2.45) is 5.92 Å². The van der Waals surface area contributed by atoms with Crippen LogP contribution < -0.4 is 5.32 Å². The van der Waals surface area contributed by atoms with Gasteiger partial charge in [-0.15, -0.1) is 5.10 Å². The summed E-state index contributed by atoms with van der Waals surface area (Å²) in [6.07, 6.45) is 1.34. The number of rotatable bonds is 4. The molecule has 1 aliphatic heterocycles. The maximum absolute atomic E-state index is 12.6. The lowest BCUT2D eigenvalue weighted by Crippen LogP contribution is -2.48. The van der Waals surface area contributed by atoms with E-state index >= 15 is 0 Å². The molecule has 1 aromatic rings. The third-order valence-electron chi connectivity index (χ3n) is 4.03. The normalized spacial score (nSPS) is 16.8. The molecule has 6 heteroatoms. The zero-order valence-corrected chi connectivity index (χ0v) is 14.6. The monoisotopic (exact) mass is 318 g/mol. The average molecular weight is 318 g/mol. The largest absolute Gasteiger partial charge is 0.330 e. The first kappa shape index (κ1) is 17.4. The van der Waals surface area contributed by atoms with E-state index in [9.17, 15) is 9.59 Å². The summed E-state index contributed by atoms with van der Waals surface area (Å²) in [6.45, 7) is 10.7. The number of anilines is 1. The van der Waals surface area contributed by atoms with Crippen LogP contribution in [0.25, 0.3) is 0 Å². The minimum Gasteiger partial charge on any atom is -0.330 e. The van der Waals surface area contributed by atoms with Gasteiger partial charge in [0.05, 0.1) is 5.69 Å². The van der Waals surface area contributed by atoms with Crippen molar-refractivity contribution in [3.63, 3.8) is 0 Å². The van der Waals surface area contributed by atoms with E-state index in [1.165, 1.54) is 0 Å². The molecular formula is C17H26N4O2. The fourth-order valence-corrected chi connectivity index (χ4v) is 2.77. The van der Waals surface area contributed by atoms with E-state index in [4.69, 9.17) is 0 Å². The number of carbonyl (C=O) groups excluding carboxylic acids is 2. The molecule has 0 radical (unpaired) electrons. The Bertz CT molecular complexity index is 575. The van der Waals surface area contributed by atoms with Gasteiger partial charge in [-0.25, -0.2) is 0 Å². The molecule has 1 saturated heterocycles. The van der Waals surface area contributed by atoms with Gasteiger partial charge in [-0.3, -0.25) is 9.59 Å². The molecule has 0 saturated carbocycles. The van der Waals surface area contributed by atoms with Crippen LogP contribution in [0.1, 0.15) is 53.2 Å². The fourth-order valence-electron chi connectivity index (χ4n) is 2.77. The summed E-state index contributed by atoms with van der Waals surface area (Å²) < 4.78 is 0. The van der Waals surface area contributed by atoms with Crippen LogP contribution in [0, 0.1) is 5.92 Å². The van der Waals surface area contributed by atoms with E-state index in [1.807, 2.05) is 19.9 Å². The van der Waals surface area contributed by atoms with Crippen molar-refractivity contribution in [2.75, 3.05) is 11.9 Å². The summed E-state index contributed by atoms with van der Waals surface area (Å²) in [5.74, 6) is 0.306. The molecule has 2 heterocycles. The van der Waals surface area contributed by atoms with E-state index < -0.39 is 6.04 Å². The number of hydrogen-bond acceptors (Lipinski definition) is 4. The molecule has 1 unspecified atom stereocenters. The number of nitrogens with zero attached hydrogens (tertiary/aromatic N) is 3. The number of amides is 2. The summed E-state index contributed by atoms with van der Waals surface area (Å²) in [5, 5.41) is 11.1. The molecule has 0 spiro atoms. The van der Waals surface area contributed by atoms with E-state index in [0.29, 0.717) is 18.8 Å². The smallest absolute Gasteiger partial charge is 0.248 e. The lowest BCUT2D eigenvalue weighted by molar-refractivity contribution is -0.136. The summed E-state index contributed by atoms with van der Waals surface area (Å²) >= 11 is 0. The standard InChI is InChI=1S/C17H26N4O2/c1-11(2)15(21-10-6-7-14(21)22)16(23)18-13-9-8-12(19-20-13)17(3,4)5/h8-9,11,15H,6-7,10H2,1-5H3,(H,18,20,23). The summed E-state index contributed by atoms with van der Waals surface area (Å²) in [5.41, 5.74) is 0.781. The Balaban J connectivity index is 2.11. The quantitative estimate of drug-likeness (QED) is 0.924. The van der Waals surface area contributed by atoms with Crippen molar-refractivity contribution in [1.29, 1.82) is 0 Å². The Morgan fingerprint density at radius 1 is 1.26 bits per heavy atom. The van der Waals surface area contributed by atoms with Gasteiger partial charge in [0.25, 0.3) is 0 Å². The number of hydrogen-bond donors (Lipinski definition) is 1. The molecule has 1 N–H and O–H groups in total. The Hall–Kier alpha value is -1.98. The highest BCUT2D eigenvalue weighted by Crippen LogP contribution is 2.22. The minimum absolute atomic E-state index is 0.0406.